The van der Waals surface area contributed by atoms with Gasteiger partial charge in [-0.25, -0.2) is 8.42 Å². The molecule has 1 atom stereocenters. The molecule has 0 aliphatic carbocycles. The molecule has 0 saturated carbocycles. The molecule has 0 aromatic heterocycles. The number of nitrogens with one attached hydrogen (secondary N) is 1. The maximum absolute atomic E-state index is 13.9. The summed E-state index contributed by atoms with van der Waals surface area (Å²) in [6.45, 7) is 5.52. The maximum Gasteiger partial charge on any atom is 0.264 e. The largest absolute Gasteiger partial charge is 0.354 e. The molecule has 0 fully saturated rings. The van der Waals surface area contributed by atoms with Gasteiger partial charge in [-0.3, -0.25) is 13.9 Å². The normalized spacial score (nSPS) is 12.1. The highest BCUT2D eigenvalue weighted by Crippen LogP contribution is 2.31. The SMILES string of the molecule is CCCCNC(=O)[C@@H](C)N(Cc1cccc(Br)c1)C(=O)CN(c1ccc(Cl)c(Cl)c1)S(=O)(=O)c1ccc(C)cc1. The fraction of sp³-hybridized carbons (Fsp3) is 0.310. The van der Waals surface area contributed by atoms with Gasteiger partial charge in [-0.05, 0) is 68.3 Å². The summed E-state index contributed by atoms with van der Waals surface area (Å²) in [5.41, 5.74) is 1.84. The van der Waals surface area contributed by atoms with E-state index in [9.17, 15) is 18.0 Å². The number of hydrogen-bond donors (Lipinski definition) is 1. The fourth-order valence-electron chi connectivity index (χ4n) is 3.96. The Morgan fingerprint density at radius 2 is 1.70 bits per heavy atom. The number of halogens is 3. The second-order valence-corrected chi connectivity index (χ2v) is 13.0. The molecule has 0 radical (unpaired) electrons. The first kappa shape index (κ1) is 31.9. The summed E-state index contributed by atoms with van der Waals surface area (Å²) in [6, 6.07) is 17.2. The van der Waals surface area contributed by atoms with Crippen molar-refractivity contribution in [1.29, 1.82) is 0 Å². The van der Waals surface area contributed by atoms with Gasteiger partial charge in [0.2, 0.25) is 11.8 Å². The molecule has 1 N–H and O–H groups in total. The molecule has 7 nitrogen and oxygen atoms in total. The number of rotatable bonds is 12. The van der Waals surface area contributed by atoms with E-state index in [1.807, 2.05) is 38.1 Å². The Bertz CT molecular complexity index is 1450. The minimum Gasteiger partial charge on any atom is -0.354 e. The summed E-state index contributed by atoms with van der Waals surface area (Å²) in [4.78, 5) is 28.4. The van der Waals surface area contributed by atoms with Crippen LogP contribution in [-0.4, -0.2) is 44.3 Å². The van der Waals surface area contributed by atoms with Gasteiger partial charge in [0.15, 0.2) is 0 Å². The van der Waals surface area contributed by atoms with E-state index in [1.54, 1.807) is 19.1 Å². The number of aryl methyl sites for hydroxylation is 1. The van der Waals surface area contributed by atoms with Crippen LogP contribution in [0.5, 0.6) is 0 Å². The number of anilines is 1. The summed E-state index contributed by atoms with van der Waals surface area (Å²) in [5, 5.41) is 3.26. The van der Waals surface area contributed by atoms with Crippen LogP contribution in [0.4, 0.5) is 5.69 Å². The Morgan fingerprint density at radius 3 is 2.33 bits per heavy atom. The molecule has 0 unspecified atom stereocenters. The van der Waals surface area contributed by atoms with E-state index in [-0.39, 0.29) is 33.1 Å². The third-order valence-electron chi connectivity index (χ3n) is 6.32. The van der Waals surface area contributed by atoms with Crippen molar-refractivity contribution in [3.05, 3.63) is 92.4 Å². The van der Waals surface area contributed by atoms with Gasteiger partial charge in [-0.2, -0.15) is 0 Å². The second kappa shape index (κ2) is 14.3. The molecule has 0 aliphatic heterocycles. The molecule has 0 bridgehead atoms. The lowest BCUT2D eigenvalue weighted by Crippen LogP contribution is -2.51. The van der Waals surface area contributed by atoms with Crippen LogP contribution >= 0.6 is 39.1 Å². The highest BCUT2D eigenvalue weighted by molar-refractivity contribution is 9.10. The smallest absolute Gasteiger partial charge is 0.264 e. The maximum atomic E-state index is 13.9. The Balaban J connectivity index is 2.03. The number of sulfonamides is 1. The molecule has 0 saturated heterocycles. The van der Waals surface area contributed by atoms with Gasteiger partial charge in [0.05, 0.1) is 20.6 Å². The predicted molar refractivity (Wildman–Crippen MR) is 164 cm³/mol. The van der Waals surface area contributed by atoms with Crippen LogP contribution in [0.15, 0.2) is 76.1 Å². The molecular formula is C29H32BrCl2N3O4S. The highest BCUT2D eigenvalue weighted by atomic mass is 79.9. The van der Waals surface area contributed by atoms with Crippen LogP contribution in [0.1, 0.15) is 37.8 Å². The van der Waals surface area contributed by atoms with Crippen LogP contribution in [0.3, 0.4) is 0 Å². The summed E-state index contributed by atoms with van der Waals surface area (Å²) < 4.78 is 29.6. The number of unbranched alkanes of at least 4 members (excludes halogenated alkanes) is 1. The number of nitrogens with zero attached hydrogens (tertiary/aromatic N) is 2. The zero-order valence-electron chi connectivity index (χ0n) is 22.5. The van der Waals surface area contributed by atoms with Gasteiger partial charge >= 0.3 is 0 Å². The number of amides is 2. The van der Waals surface area contributed by atoms with Crippen molar-refractivity contribution >= 4 is 66.7 Å². The Kier molecular flexibility index (Phi) is 11.5. The number of hydrogen-bond acceptors (Lipinski definition) is 4. The summed E-state index contributed by atoms with van der Waals surface area (Å²) in [7, 11) is -4.20. The first-order valence-corrected chi connectivity index (χ1v) is 15.8. The third-order valence-corrected chi connectivity index (χ3v) is 9.34. The monoisotopic (exact) mass is 667 g/mol. The quantitative estimate of drug-likeness (QED) is 0.221. The molecule has 3 aromatic rings. The average Bonchev–Trinajstić information content (AvgIpc) is 2.91. The average molecular weight is 669 g/mol. The van der Waals surface area contributed by atoms with E-state index in [0.29, 0.717) is 6.54 Å². The standard InChI is InChI=1S/C29H32BrCl2N3O4S/c1-4-5-15-33-29(37)21(3)34(18-22-7-6-8-23(30)16-22)28(36)19-35(24-11-14-26(31)27(32)17-24)40(38,39)25-12-9-20(2)10-13-25/h6-14,16-17,21H,4-5,15,18-19H2,1-3H3,(H,33,37)/t21-/m1/s1. The van der Waals surface area contributed by atoms with E-state index >= 15 is 0 Å². The molecule has 0 heterocycles. The van der Waals surface area contributed by atoms with Crippen molar-refractivity contribution in [1.82, 2.24) is 10.2 Å². The van der Waals surface area contributed by atoms with Gasteiger partial charge < -0.3 is 10.2 Å². The van der Waals surface area contributed by atoms with Crippen LogP contribution in [0.25, 0.3) is 0 Å². The lowest BCUT2D eigenvalue weighted by molar-refractivity contribution is -0.139. The number of carbonyl (C=O) groups excluding carboxylic acids is 2. The number of carbonyl (C=O) groups is 2. The van der Waals surface area contributed by atoms with Crippen molar-refractivity contribution in [2.75, 3.05) is 17.4 Å². The minimum atomic E-state index is -4.20. The van der Waals surface area contributed by atoms with Crippen LogP contribution in [-0.2, 0) is 26.2 Å². The van der Waals surface area contributed by atoms with E-state index in [1.165, 1.54) is 35.2 Å². The molecule has 0 spiro atoms. The molecule has 3 aromatic carbocycles. The Morgan fingerprint density at radius 1 is 1.00 bits per heavy atom. The molecule has 40 heavy (non-hydrogen) atoms. The zero-order valence-corrected chi connectivity index (χ0v) is 26.4. The second-order valence-electron chi connectivity index (χ2n) is 9.40. The zero-order chi connectivity index (χ0) is 29.4. The molecule has 11 heteroatoms. The van der Waals surface area contributed by atoms with Gasteiger partial charge in [0, 0.05) is 17.6 Å². The summed E-state index contributed by atoms with van der Waals surface area (Å²) in [6.07, 6.45) is 1.71. The minimum absolute atomic E-state index is 0.0147. The number of benzene rings is 3. The molecular weight excluding hydrogens is 637 g/mol. The summed E-state index contributed by atoms with van der Waals surface area (Å²) >= 11 is 15.8. The van der Waals surface area contributed by atoms with Gasteiger partial charge in [-0.15, -0.1) is 0 Å². The first-order valence-electron chi connectivity index (χ1n) is 12.8. The van der Waals surface area contributed by atoms with E-state index in [2.05, 4.69) is 21.2 Å². The van der Waals surface area contributed by atoms with Crippen molar-refractivity contribution in [3.63, 3.8) is 0 Å². The van der Waals surface area contributed by atoms with Crippen molar-refractivity contribution in [2.24, 2.45) is 0 Å². The van der Waals surface area contributed by atoms with Crippen molar-refractivity contribution in [3.8, 4) is 0 Å². The van der Waals surface area contributed by atoms with Crippen molar-refractivity contribution < 1.29 is 18.0 Å². The topological polar surface area (TPSA) is 86.8 Å². The lowest BCUT2D eigenvalue weighted by atomic mass is 10.1. The van der Waals surface area contributed by atoms with Crippen LogP contribution in [0, 0.1) is 6.92 Å². The lowest BCUT2D eigenvalue weighted by Gasteiger charge is -2.32. The Hall–Kier alpha value is -2.59. The van der Waals surface area contributed by atoms with E-state index in [4.69, 9.17) is 23.2 Å². The third kappa shape index (κ3) is 8.22. The van der Waals surface area contributed by atoms with Gasteiger partial charge in [0.25, 0.3) is 10.0 Å². The van der Waals surface area contributed by atoms with Gasteiger partial charge in [-0.1, -0.05) is 82.3 Å². The first-order chi connectivity index (χ1) is 18.9. The summed E-state index contributed by atoms with van der Waals surface area (Å²) in [5.74, 6) is -0.876. The van der Waals surface area contributed by atoms with E-state index < -0.39 is 28.5 Å². The Labute approximate surface area is 254 Å². The molecule has 2 amide bonds. The molecule has 0 aliphatic rings. The van der Waals surface area contributed by atoms with Crippen LogP contribution < -0.4 is 9.62 Å². The molecule has 214 valence electrons. The highest BCUT2D eigenvalue weighted by Gasteiger charge is 2.32. The predicted octanol–water partition coefficient (Wildman–Crippen LogP) is 6.59. The van der Waals surface area contributed by atoms with Crippen LogP contribution in [0.2, 0.25) is 10.0 Å². The fourth-order valence-corrected chi connectivity index (χ4v) is 6.10. The molecule has 3 rings (SSSR count). The van der Waals surface area contributed by atoms with E-state index in [0.717, 1.165) is 32.7 Å². The van der Waals surface area contributed by atoms with Gasteiger partial charge in [0.1, 0.15) is 12.6 Å². The van der Waals surface area contributed by atoms with Crippen molar-refractivity contribution in [2.45, 2.75) is 51.1 Å².